The number of aryl methyl sites for hydroxylation is 1. The predicted molar refractivity (Wildman–Crippen MR) is 105 cm³/mol. The number of allylic oxidation sites excluding steroid dienone is 1. The van der Waals surface area contributed by atoms with Crippen molar-refractivity contribution in [2.24, 2.45) is 0 Å². The van der Waals surface area contributed by atoms with Crippen molar-refractivity contribution >= 4 is 12.4 Å². The van der Waals surface area contributed by atoms with Gasteiger partial charge in [0.2, 0.25) is 0 Å². The van der Waals surface area contributed by atoms with Crippen LogP contribution in [-0.2, 0) is 16.8 Å². The Labute approximate surface area is 151 Å². The molecule has 0 unspecified atom stereocenters. The fourth-order valence-corrected chi connectivity index (χ4v) is 2.63. The quantitative estimate of drug-likeness (QED) is 0.467. The normalized spacial score (nSPS) is 12.1. The Bertz CT molecular complexity index is 769. The Morgan fingerprint density at radius 3 is 2.56 bits per heavy atom. The maximum Gasteiger partial charge on any atom is 0.145 e. The van der Waals surface area contributed by atoms with Crippen molar-refractivity contribution in [3.05, 3.63) is 70.3 Å². The summed E-state index contributed by atoms with van der Waals surface area (Å²) in [5.41, 5.74) is 5.56. The van der Waals surface area contributed by atoms with Crippen LogP contribution in [0.4, 0.5) is 0 Å². The van der Waals surface area contributed by atoms with Crippen molar-refractivity contribution in [2.75, 3.05) is 0 Å². The summed E-state index contributed by atoms with van der Waals surface area (Å²) in [7, 11) is 0. The van der Waals surface area contributed by atoms with Crippen molar-refractivity contribution in [1.82, 2.24) is 0 Å². The second kappa shape index (κ2) is 8.15. The van der Waals surface area contributed by atoms with Crippen LogP contribution in [0.15, 0.2) is 48.0 Å². The number of hydrogen-bond donors (Lipinski definition) is 0. The van der Waals surface area contributed by atoms with Crippen LogP contribution in [0, 0.1) is 6.92 Å². The summed E-state index contributed by atoms with van der Waals surface area (Å²) in [5, 5.41) is 0. The van der Waals surface area contributed by atoms with Gasteiger partial charge >= 0.3 is 0 Å². The first-order valence-electron chi connectivity index (χ1n) is 8.82. The first-order chi connectivity index (χ1) is 11.9. The van der Waals surface area contributed by atoms with Crippen molar-refractivity contribution in [1.29, 1.82) is 0 Å². The van der Waals surface area contributed by atoms with Crippen LogP contribution in [0.25, 0.3) is 6.08 Å². The Balaban J connectivity index is 2.11. The smallest absolute Gasteiger partial charge is 0.145 e. The molecule has 0 N–H and O–H groups in total. The number of carbonyl (C=O) groups is 1. The average molecular weight is 336 g/mol. The lowest BCUT2D eigenvalue weighted by atomic mass is 9.82. The number of rotatable bonds is 7. The standard InChI is InChI=1S/C23H28O2/c1-6-23(4,5)21-9-7-8-19(14-21)16-25-22-11-10-20(18(3)13-22)12-17(2)15-24/h7-15H,6,16H2,1-5H3. The molecule has 0 heterocycles. The molecular formula is C23H28O2. The molecule has 0 aliphatic carbocycles. The van der Waals surface area contributed by atoms with E-state index in [1.54, 1.807) is 0 Å². The fourth-order valence-electron chi connectivity index (χ4n) is 2.63. The van der Waals surface area contributed by atoms with Gasteiger partial charge in [0.25, 0.3) is 0 Å². The summed E-state index contributed by atoms with van der Waals surface area (Å²) in [5.74, 6) is 0.846. The van der Waals surface area contributed by atoms with E-state index in [9.17, 15) is 4.79 Å². The number of hydrogen-bond acceptors (Lipinski definition) is 2. The van der Waals surface area contributed by atoms with E-state index in [0.717, 1.165) is 29.6 Å². The first-order valence-corrected chi connectivity index (χ1v) is 8.82. The topological polar surface area (TPSA) is 26.3 Å². The molecule has 0 bridgehead atoms. The SMILES string of the molecule is CCC(C)(C)c1cccc(COc2ccc(C=C(C)C=O)c(C)c2)c1. The highest BCUT2D eigenvalue weighted by Gasteiger charge is 2.17. The average Bonchev–Trinajstić information content (AvgIpc) is 2.62. The molecule has 25 heavy (non-hydrogen) atoms. The van der Waals surface area contributed by atoms with Gasteiger partial charge in [0.1, 0.15) is 18.6 Å². The minimum atomic E-state index is 0.178. The Hall–Kier alpha value is -2.35. The minimum Gasteiger partial charge on any atom is -0.489 e. The third-order valence-corrected chi connectivity index (χ3v) is 4.81. The van der Waals surface area contributed by atoms with Gasteiger partial charge in [-0.3, -0.25) is 4.79 Å². The van der Waals surface area contributed by atoms with Crippen LogP contribution < -0.4 is 4.74 Å². The van der Waals surface area contributed by atoms with Gasteiger partial charge in [0.15, 0.2) is 0 Å². The fraction of sp³-hybridized carbons (Fsp3) is 0.348. The second-order valence-corrected chi connectivity index (χ2v) is 7.25. The summed E-state index contributed by atoms with van der Waals surface area (Å²) in [4.78, 5) is 10.8. The van der Waals surface area contributed by atoms with Crippen LogP contribution in [0.5, 0.6) is 5.75 Å². The van der Waals surface area contributed by atoms with Crippen molar-refractivity contribution in [3.63, 3.8) is 0 Å². The molecule has 2 heteroatoms. The molecule has 2 nitrogen and oxygen atoms in total. The number of benzene rings is 2. The zero-order valence-corrected chi connectivity index (χ0v) is 15.9. The van der Waals surface area contributed by atoms with E-state index in [-0.39, 0.29) is 5.41 Å². The van der Waals surface area contributed by atoms with Gasteiger partial charge in [0, 0.05) is 0 Å². The maximum absolute atomic E-state index is 10.8. The van der Waals surface area contributed by atoms with Gasteiger partial charge in [-0.05, 0) is 71.7 Å². The second-order valence-electron chi connectivity index (χ2n) is 7.25. The van der Waals surface area contributed by atoms with E-state index in [2.05, 4.69) is 45.0 Å². The van der Waals surface area contributed by atoms with Crippen LogP contribution in [0.2, 0.25) is 0 Å². The van der Waals surface area contributed by atoms with Crippen molar-refractivity contribution in [2.45, 2.75) is 53.1 Å². The molecular weight excluding hydrogens is 308 g/mol. The summed E-state index contributed by atoms with van der Waals surface area (Å²) >= 11 is 0. The Morgan fingerprint density at radius 2 is 1.92 bits per heavy atom. The van der Waals surface area contributed by atoms with Crippen LogP contribution in [0.1, 0.15) is 56.4 Å². The maximum atomic E-state index is 10.8. The van der Waals surface area contributed by atoms with Crippen molar-refractivity contribution < 1.29 is 9.53 Å². The van der Waals surface area contributed by atoms with Gasteiger partial charge < -0.3 is 4.74 Å². The zero-order chi connectivity index (χ0) is 18.4. The lowest BCUT2D eigenvalue weighted by Crippen LogP contribution is -2.15. The van der Waals surface area contributed by atoms with Crippen molar-refractivity contribution in [3.8, 4) is 5.75 Å². The zero-order valence-electron chi connectivity index (χ0n) is 15.9. The summed E-state index contributed by atoms with van der Waals surface area (Å²) < 4.78 is 5.97. The molecule has 0 saturated carbocycles. The van der Waals surface area contributed by atoms with Gasteiger partial charge in [-0.1, -0.05) is 51.1 Å². The van der Waals surface area contributed by atoms with Gasteiger partial charge in [-0.15, -0.1) is 0 Å². The van der Waals surface area contributed by atoms with E-state index in [4.69, 9.17) is 4.74 Å². The minimum absolute atomic E-state index is 0.178. The number of ether oxygens (including phenoxy) is 1. The summed E-state index contributed by atoms with van der Waals surface area (Å²) in [6.07, 6.45) is 3.86. The summed E-state index contributed by atoms with van der Waals surface area (Å²) in [6, 6.07) is 14.6. The lowest BCUT2D eigenvalue weighted by Gasteiger charge is -2.24. The molecule has 0 saturated heterocycles. The molecule has 0 amide bonds. The van der Waals surface area contributed by atoms with E-state index in [1.807, 2.05) is 38.1 Å². The highest BCUT2D eigenvalue weighted by Crippen LogP contribution is 2.27. The third kappa shape index (κ3) is 5.06. The highest BCUT2D eigenvalue weighted by molar-refractivity contribution is 5.81. The number of aldehydes is 1. The molecule has 0 spiro atoms. The largest absolute Gasteiger partial charge is 0.489 e. The monoisotopic (exact) mass is 336 g/mol. The molecule has 0 atom stereocenters. The predicted octanol–water partition coefficient (Wildman–Crippen LogP) is 5.86. The van der Waals surface area contributed by atoms with Gasteiger partial charge in [0.05, 0.1) is 0 Å². The Kier molecular flexibility index (Phi) is 6.19. The molecule has 2 aromatic carbocycles. The highest BCUT2D eigenvalue weighted by atomic mass is 16.5. The van der Waals surface area contributed by atoms with Crippen LogP contribution in [0.3, 0.4) is 0 Å². The summed E-state index contributed by atoms with van der Waals surface area (Å²) in [6.45, 7) is 11.1. The molecule has 0 aliphatic rings. The molecule has 0 fully saturated rings. The Morgan fingerprint density at radius 1 is 1.16 bits per heavy atom. The van der Waals surface area contributed by atoms with Gasteiger partial charge in [-0.2, -0.15) is 0 Å². The molecule has 132 valence electrons. The van der Waals surface area contributed by atoms with E-state index >= 15 is 0 Å². The van der Waals surface area contributed by atoms with Crippen LogP contribution in [-0.4, -0.2) is 6.29 Å². The first kappa shape index (κ1) is 19.0. The molecule has 2 rings (SSSR count). The molecule has 0 aromatic heterocycles. The van der Waals surface area contributed by atoms with E-state index in [0.29, 0.717) is 12.2 Å². The molecule has 0 aliphatic heterocycles. The lowest BCUT2D eigenvalue weighted by molar-refractivity contribution is -0.104. The molecule has 0 radical (unpaired) electrons. The third-order valence-electron chi connectivity index (χ3n) is 4.81. The van der Waals surface area contributed by atoms with Crippen LogP contribution >= 0.6 is 0 Å². The van der Waals surface area contributed by atoms with Gasteiger partial charge in [-0.25, -0.2) is 0 Å². The van der Waals surface area contributed by atoms with E-state index < -0.39 is 0 Å². The van der Waals surface area contributed by atoms with E-state index in [1.165, 1.54) is 11.1 Å². The number of carbonyl (C=O) groups excluding carboxylic acids is 1. The molecule has 2 aromatic rings.